The molecular formula is C19H26O3. The highest BCUT2D eigenvalue weighted by Gasteiger charge is 2.27. The van der Waals surface area contributed by atoms with E-state index in [0.29, 0.717) is 23.5 Å². The molecule has 0 spiro atoms. The van der Waals surface area contributed by atoms with Crippen molar-refractivity contribution in [2.24, 2.45) is 0 Å². The number of ketones is 2. The van der Waals surface area contributed by atoms with Gasteiger partial charge in [0.1, 0.15) is 5.75 Å². The highest BCUT2D eigenvalue weighted by Crippen LogP contribution is 2.26. The largest absolute Gasteiger partial charge is 0.494 e. The first-order valence-electron chi connectivity index (χ1n) is 8.55. The van der Waals surface area contributed by atoms with Crippen molar-refractivity contribution in [2.75, 3.05) is 6.61 Å². The summed E-state index contributed by atoms with van der Waals surface area (Å²) in [5.74, 6) is 0.539. The monoisotopic (exact) mass is 302 g/mol. The summed E-state index contributed by atoms with van der Waals surface area (Å²) in [5.41, 5.74) is 1.07. The predicted molar refractivity (Wildman–Crippen MR) is 87.8 cm³/mol. The number of Topliss-reactive ketones (excluding diaryl/α,β-unsaturated/α-hetero) is 2. The lowest BCUT2D eigenvalue weighted by Gasteiger charge is -2.07. The van der Waals surface area contributed by atoms with Gasteiger partial charge in [-0.25, -0.2) is 0 Å². The third kappa shape index (κ3) is 4.69. The molecule has 0 atom stereocenters. The topological polar surface area (TPSA) is 43.4 Å². The van der Waals surface area contributed by atoms with Crippen LogP contribution in [0.5, 0.6) is 5.75 Å². The highest BCUT2D eigenvalue weighted by atomic mass is 16.5. The number of rotatable bonds is 10. The van der Waals surface area contributed by atoms with E-state index in [1.54, 1.807) is 18.2 Å². The van der Waals surface area contributed by atoms with Crippen molar-refractivity contribution in [3.8, 4) is 5.75 Å². The number of carbonyl (C=O) groups excluding carboxylic acids is 2. The second-order valence-electron chi connectivity index (χ2n) is 6.05. The van der Waals surface area contributed by atoms with Crippen LogP contribution < -0.4 is 4.74 Å². The number of benzene rings is 1. The predicted octanol–water partition coefficient (Wildman–Crippen LogP) is 4.98. The maximum atomic E-state index is 11.7. The van der Waals surface area contributed by atoms with Crippen LogP contribution in [0.3, 0.4) is 0 Å². The molecule has 0 N–H and O–H groups in total. The lowest BCUT2D eigenvalue weighted by Crippen LogP contribution is -1.99. The van der Waals surface area contributed by atoms with E-state index in [0.717, 1.165) is 6.42 Å². The van der Waals surface area contributed by atoms with Gasteiger partial charge in [-0.2, -0.15) is 0 Å². The van der Waals surface area contributed by atoms with E-state index in [-0.39, 0.29) is 18.0 Å². The van der Waals surface area contributed by atoms with Crippen LogP contribution in [-0.2, 0) is 0 Å². The van der Waals surface area contributed by atoms with Crippen LogP contribution >= 0.6 is 0 Å². The van der Waals surface area contributed by atoms with E-state index in [1.807, 2.05) is 0 Å². The average molecular weight is 302 g/mol. The zero-order chi connectivity index (χ0) is 15.8. The molecule has 0 unspecified atom stereocenters. The molecule has 1 aliphatic carbocycles. The van der Waals surface area contributed by atoms with E-state index < -0.39 is 0 Å². The molecule has 0 saturated carbocycles. The van der Waals surface area contributed by atoms with Gasteiger partial charge in [-0.15, -0.1) is 0 Å². The Labute approximate surface area is 133 Å². The van der Waals surface area contributed by atoms with Gasteiger partial charge >= 0.3 is 0 Å². The van der Waals surface area contributed by atoms with E-state index in [9.17, 15) is 9.59 Å². The van der Waals surface area contributed by atoms with Crippen LogP contribution in [0.15, 0.2) is 18.2 Å². The van der Waals surface area contributed by atoms with Crippen molar-refractivity contribution in [1.29, 1.82) is 0 Å². The lowest BCUT2D eigenvalue weighted by atomic mass is 10.1. The fourth-order valence-corrected chi connectivity index (χ4v) is 2.85. The van der Waals surface area contributed by atoms with Crippen molar-refractivity contribution >= 4 is 11.6 Å². The second-order valence-corrected chi connectivity index (χ2v) is 6.05. The Morgan fingerprint density at radius 3 is 2.23 bits per heavy atom. The van der Waals surface area contributed by atoms with Gasteiger partial charge in [0.15, 0.2) is 11.6 Å². The summed E-state index contributed by atoms with van der Waals surface area (Å²) in [6, 6.07) is 5.22. The Hall–Kier alpha value is -1.64. The van der Waals surface area contributed by atoms with Crippen LogP contribution in [0.1, 0.15) is 85.4 Å². The van der Waals surface area contributed by atoms with Crippen LogP contribution in [-0.4, -0.2) is 18.2 Å². The molecule has 0 saturated heterocycles. The Morgan fingerprint density at radius 2 is 1.50 bits per heavy atom. The van der Waals surface area contributed by atoms with Gasteiger partial charge in [-0.3, -0.25) is 9.59 Å². The molecule has 0 aliphatic heterocycles. The minimum atomic E-state index is -0.0856. The maximum Gasteiger partial charge on any atom is 0.171 e. The molecule has 22 heavy (non-hydrogen) atoms. The Balaban J connectivity index is 1.63. The summed E-state index contributed by atoms with van der Waals surface area (Å²) in [5, 5.41) is 0. The van der Waals surface area contributed by atoms with Crippen molar-refractivity contribution in [2.45, 2.75) is 64.7 Å². The van der Waals surface area contributed by atoms with Gasteiger partial charge in [0.2, 0.25) is 0 Å². The molecule has 0 radical (unpaired) electrons. The molecule has 0 amide bonds. The van der Waals surface area contributed by atoms with Gasteiger partial charge in [0.05, 0.1) is 13.0 Å². The third-order valence-electron chi connectivity index (χ3n) is 4.18. The Bertz CT molecular complexity index is 519. The summed E-state index contributed by atoms with van der Waals surface area (Å²) in [7, 11) is 0. The van der Waals surface area contributed by atoms with Crippen molar-refractivity contribution < 1.29 is 14.3 Å². The first kappa shape index (κ1) is 16.7. The number of hydrogen-bond donors (Lipinski definition) is 0. The summed E-state index contributed by atoms with van der Waals surface area (Å²) < 4.78 is 5.70. The zero-order valence-electron chi connectivity index (χ0n) is 13.5. The number of ether oxygens (including phenoxy) is 1. The number of hydrogen-bond acceptors (Lipinski definition) is 3. The van der Waals surface area contributed by atoms with Crippen molar-refractivity contribution in [3.63, 3.8) is 0 Å². The Kier molecular flexibility index (Phi) is 6.63. The van der Waals surface area contributed by atoms with Gasteiger partial charge in [-0.1, -0.05) is 51.9 Å². The fraction of sp³-hybridized carbons (Fsp3) is 0.579. The summed E-state index contributed by atoms with van der Waals surface area (Å²) in [6.07, 6.45) is 10.2. The summed E-state index contributed by atoms with van der Waals surface area (Å²) in [4.78, 5) is 23.2. The van der Waals surface area contributed by atoms with Crippen LogP contribution in [0.2, 0.25) is 0 Å². The molecule has 0 fully saturated rings. The number of fused-ring (bicyclic) bond motifs is 1. The molecule has 1 aromatic rings. The molecule has 1 aromatic carbocycles. The lowest BCUT2D eigenvalue weighted by molar-refractivity contribution is 0.0923. The normalized spacial score (nSPS) is 13.5. The molecule has 3 heteroatoms. The fourth-order valence-electron chi connectivity index (χ4n) is 2.85. The minimum absolute atomic E-state index is 0.0107. The highest BCUT2D eigenvalue weighted by molar-refractivity contribution is 6.24. The zero-order valence-corrected chi connectivity index (χ0v) is 13.5. The van der Waals surface area contributed by atoms with Crippen LogP contribution in [0.25, 0.3) is 0 Å². The molecular weight excluding hydrogens is 276 g/mol. The van der Waals surface area contributed by atoms with Crippen molar-refractivity contribution in [1.82, 2.24) is 0 Å². The smallest absolute Gasteiger partial charge is 0.171 e. The van der Waals surface area contributed by atoms with Gasteiger partial charge in [-0.05, 0) is 24.6 Å². The van der Waals surface area contributed by atoms with Gasteiger partial charge in [0, 0.05) is 11.1 Å². The van der Waals surface area contributed by atoms with Crippen molar-refractivity contribution in [3.05, 3.63) is 29.3 Å². The molecule has 1 aliphatic rings. The molecule has 0 aromatic heterocycles. The van der Waals surface area contributed by atoms with E-state index in [1.165, 1.54) is 44.9 Å². The van der Waals surface area contributed by atoms with Crippen LogP contribution in [0, 0.1) is 0 Å². The van der Waals surface area contributed by atoms with E-state index in [2.05, 4.69) is 6.92 Å². The average Bonchev–Trinajstić information content (AvgIpc) is 2.80. The molecule has 3 nitrogen and oxygen atoms in total. The summed E-state index contributed by atoms with van der Waals surface area (Å²) in [6.45, 7) is 2.91. The maximum absolute atomic E-state index is 11.7. The molecule has 120 valence electrons. The summed E-state index contributed by atoms with van der Waals surface area (Å²) >= 11 is 0. The number of carbonyl (C=O) groups is 2. The third-order valence-corrected chi connectivity index (χ3v) is 4.18. The molecule has 0 bridgehead atoms. The first-order valence-corrected chi connectivity index (χ1v) is 8.55. The first-order chi connectivity index (χ1) is 10.7. The number of unbranched alkanes of at least 4 members (excludes halogenated alkanes) is 7. The second kappa shape index (κ2) is 8.72. The van der Waals surface area contributed by atoms with Gasteiger partial charge in [0.25, 0.3) is 0 Å². The van der Waals surface area contributed by atoms with E-state index >= 15 is 0 Å². The van der Waals surface area contributed by atoms with E-state index in [4.69, 9.17) is 4.74 Å². The SMILES string of the molecule is CCCCCCCCCCOc1ccc2c(c1)C(=O)CC2=O. The minimum Gasteiger partial charge on any atom is -0.494 e. The quantitative estimate of drug-likeness (QED) is 0.452. The Morgan fingerprint density at radius 1 is 0.864 bits per heavy atom. The molecule has 0 heterocycles. The van der Waals surface area contributed by atoms with Crippen LogP contribution in [0.4, 0.5) is 0 Å². The molecule has 2 rings (SSSR count). The standard InChI is InChI=1S/C19H26O3/c1-2-3-4-5-6-7-8-9-12-22-15-10-11-16-17(13-15)19(21)14-18(16)20/h10-11,13H,2-9,12,14H2,1H3. The van der Waals surface area contributed by atoms with Gasteiger partial charge < -0.3 is 4.74 Å².